The van der Waals surface area contributed by atoms with E-state index in [4.69, 9.17) is 4.74 Å². The lowest BCUT2D eigenvalue weighted by molar-refractivity contribution is -0.118. The number of carbonyl (C=O) groups excluding carboxylic acids is 2. The lowest BCUT2D eigenvalue weighted by Gasteiger charge is -2.05. The maximum Gasteiger partial charge on any atom is 0.286 e. The first kappa shape index (κ1) is 20.8. The Hall–Kier alpha value is -2.91. The number of aromatic nitrogens is 2. The van der Waals surface area contributed by atoms with Gasteiger partial charge in [0.05, 0.1) is 12.9 Å². The van der Waals surface area contributed by atoms with E-state index in [1.165, 1.54) is 11.8 Å². The number of aryl methyl sites for hydroxylation is 1. The van der Waals surface area contributed by atoms with Crippen LogP contribution >= 0.6 is 23.1 Å². The summed E-state index contributed by atoms with van der Waals surface area (Å²) in [5.74, 6) is 0.535. The number of methoxy groups -OCH3 is 1. The van der Waals surface area contributed by atoms with Crippen molar-refractivity contribution in [3.8, 4) is 5.75 Å². The van der Waals surface area contributed by atoms with E-state index in [1.54, 1.807) is 7.11 Å². The van der Waals surface area contributed by atoms with Crippen molar-refractivity contribution in [3.63, 3.8) is 0 Å². The second-order valence-electron chi connectivity index (χ2n) is 6.11. The number of hydrogen-bond acceptors (Lipinski definition) is 7. The molecule has 0 atom stereocenters. The number of nitrogens with zero attached hydrogens (tertiary/aromatic N) is 2. The largest absolute Gasteiger partial charge is 0.497 e. The van der Waals surface area contributed by atoms with Gasteiger partial charge in [0, 0.05) is 12.2 Å². The molecule has 0 radical (unpaired) electrons. The van der Waals surface area contributed by atoms with E-state index in [-0.39, 0.29) is 22.6 Å². The Balaban J connectivity index is 1.44. The third-order valence-corrected chi connectivity index (χ3v) is 5.94. The van der Waals surface area contributed by atoms with Crippen LogP contribution in [0.1, 0.15) is 20.9 Å². The van der Waals surface area contributed by atoms with Crippen molar-refractivity contribution >= 4 is 40.6 Å². The number of nitrogens with one attached hydrogen (secondary N) is 2. The van der Waals surface area contributed by atoms with E-state index in [9.17, 15) is 9.59 Å². The Kier molecular flexibility index (Phi) is 7.20. The van der Waals surface area contributed by atoms with Crippen molar-refractivity contribution in [2.24, 2.45) is 0 Å². The van der Waals surface area contributed by atoms with Gasteiger partial charge in [-0.25, -0.2) is 0 Å². The van der Waals surface area contributed by atoms with Crippen LogP contribution in [0.15, 0.2) is 52.9 Å². The molecule has 0 saturated carbocycles. The maximum atomic E-state index is 12.3. The van der Waals surface area contributed by atoms with Gasteiger partial charge < -0.3 is 15.4 Å². The van der Waals surface area contributed by atoms with Crippen LogP contribution in [-0.4, -0.2) is 34.9 Å². The molecule has 0 aliphatic carbocycles. The predicted molar refractivity (Wildman–Crippen MR) is 115 cm³/mol. The number of thioether (sulfide) groups is 1. The molecule has 0 bridgehead atoms. The summed E-state index contributed by atoms with van der Waals surface area (Å²) in [5, 5.41) is 13.8. The molecule has 0 fully saturated rings. The monoisotopic (exact) mass is 428 g/mol. The second-order valence-corrected chi connectivity index (χ2v) is 8.31. The van der Waals surface area contributed by atoms with Gasteiger partial charge in [0.25, 0.3) is 5.91 Å². The number of benzene rings is 2. The molecule has 0 aliphatic rings. The number of anilines is 1. The molecule has 0 aliphatic heterocycles. The van der Waals surface area contributed by atoms with Gasteiger partial charge in [-0.2, -0.15) is 0 Å². The van der Waals surface area contributed by atoms with Gasteiger partial charge in [-0.1, -0.05) is 52.9 Å². The van der Waals surface area contributed by atoms with Crippen LogP contribution in [0, 0.1) is 6.92 Å². The van der Waals surface area contributed by atoms with Crippen molar-refractivity contribution < 1.29 is 14.3 Å². The first-order chi connectivity index (χ1) is 14.0. The van der Waals surface area contributed by atoms with Gasteiger partial charge in [-0.05, 0) is 36.8 Å². The first-order valence-electron chi connectivity index (χ1n) is 8.77. The van der Waals surface area contributed by atoms with Crippen LogP contribution in [0.5, 0.6) is 5.75 Å². The van der Waals surface area contributed by atoms with Gasteiger partial charge in [0.15, 0.2) is 4.34 Å². The van der Waals surface area contributed by atoms with Crippen molar-refractivity contribution in [2.75, 3.05) is 18.2 Å². The summed E-state index contributed by atoms with van der Waals surface area (Å²) in [5.41, 5.74) is 2.79. The van der Waals surface area contributed by atoms with Gasteiger partial charge in [0.2, 0.25) is 10.9 Å². The van der Waals surface area contributed by atoms with E-state index in [2.05, 4.69) is 20.8 Å². The van der Waals surface area contributed by atoms with E-state index < -0.39 is 0 Å². The number of hydrogen-bond donors (Lipinski definition) is 2. The fourth-order valence-corrected chi connectivity index (χ4v) is 3.88. The number of rotatable bonds is 8. The highest BCUT2D eigenvalue weighted by Gasteiger charge is 2.14. The summed E-state index contributed by atoms with van der Waals surface area (Å²) in [6, 6.07) is 15.0. The average Bonchev–Trinajstić information content (AvgIpc) is 3.22. The second kappa shape index (κ2) is 10.0. The van der Waals surface area contributed by atoms with E-state index in [1.807, 2.05) is 55.5 Å². The fraction of sp³-hybridized carbons (Fsp3) is 0.200. The molecule has 9 heteroatoms. The molecular formula is C20H20N4O3S2. The van der Waals surface area contributed by atoms with E-state index >= 15 is 0 Å². The van der Waals surface area contributed by atoms with Crippen molar-refractivity contribution in [1.82, 2.24) is 15.5 Å². The summed E-state index contributed by atoms with van der Waals surface area (Å²) >= 11 is 2.41. The molecule has 0 unspecified atom stereocenters. The van der Waals surface area contributed by atoms with Gasteiger partial charge in [0.1, 0.15) is 5.75 Å². The zero-order valence-electron chi connectivity index (χ0n) is 16.0. The lowest BCUT2D eigenvalue weighted by Crippen LogP contribution is -2.24. The molecule has 3 rings (SSSR count). The number of ether oxygens (including phenoxy) is 1. The smallest absolute Gasteiger partial charge is 0.286 e. The topological polar surface area (TPSA) is 93.2 Å². The molecular weight excluding hydrogens is 408 g/mol. The Labute approximate surface area is 176 Å². The minimum Gasteiger partial charge on any atom is -0.497 e. The summed E-state index contributed by atoms with van der Waals surface area (Å²) in [7, 11) is 1.61. The highest BCUT2D eigenvalue weighted by Crippen LogP contribution is 2.23. The van der Waals surface area contributed by atoms with E-state index in [0.717, 1.165) is 28.2 Å². The third-order valence-electron chi connectivity index (χ3n) is 3.89. The third kappa shape index (κ3) is 6.30. The zero-order chi connectivity index (χ0) is 20.6. The Bertz CT molecular complexity index is 972. The van der Waals surface area contributed by atoms with Crippen LogP contribution in [0.3, 0.4) is 0 Å². The van der Waals surface area contributed by atoms with Crippen LogP contribution in [0.4, 0.5) is 5.69 Å². The Morgan fingerprint density at radius 1 is 1.07 bits per heavy atom. The molecule has 2 aromatic carbocycles. The maximum absolute atomic E-state index is 12.3. The van der Waals surface area contributed by atoms with Crippen molar-refractivity contribution in [1.29, 1.82) is 0 Å². The van der Waals surface area contributed by atoms with Crippen molar-refractivity contribution in [2.45, 2.75) is 17.8 Å². The number of carbonyl (C=O) groups is 2. The fourth-order valence-electron chi connectivity index (χ4n) is 2.30. The minimum absolute atomic E-state index is 0.119. The SMILES string of the molecule is COc1ccc(CNC(=O)CSc2nnc(C(=O)Nc3ccc(C)cc3)s2)cc1. The minimum atomic E-state index is -0.317. The Morgan fingerprint density at radius 3 is 2.48 bits per heavy atom. The molecule has 150 valence electrons. The summed E-state index contributed by atoms with van der Waals surface area (Å²) in [6.07, 6.45) is 0. The lowest BCUT2D eigenvalue weighted by atomic mass is 10.2. The van der Waals surface area contributed by atoms with Crippen LogP contribution < -0.4 is 15.4 Å². The number of amides is 2. The van der Waals surface area contributed by atoms with Crippen LogP contribution in [0.25, 0.3) is 0 Å². The summed E-state index contributed by atoms with van der Waals surface area (Å²) in [4.78, 5) is 24.3. The first-order valence-corrected chi connectivity index (χ1v) is 10.6. The average molecular weight is 429 g/mol. The van der Waals surface area contributed by atoms with Crippen LogP contribution in [-0.2, 0) is 11.3 Å². The quantitative estimate of drug-likeness (QED) is 0.533. The molecule has 3 aromatic rings. The standard InChI is InChI=1S/C20H20N4O3S2/c1-13-3-7-15(8-4-13)22-18(26)19-23-24-20(29-19)28-12-17(25)21-11-14-5-9-16(27-2)10-6-14/h3-10H,11-12H2,1-2H3,(H,21,25)(H,22,26). The molecule has 7 nitrogen and oxygen atoms in total. The summed E-state index contributed by atoms with van der Waals surface area (Å²) in [6.45, 7) is 2.41. The van der Waals surface area contributed by atoms with Crippen LogP contribution in [0.2, 0.25) is 0 Å². The van der Waals surface area contributed by atoms with Gasteiger partial charge >= 0.3 is 0 Å². The van der Waals surface area contributed by atoms with Gasteiger partial charge in [-0.3, -0.25) is 9.59 Å². The highest BCUT2D eigenvalue weighted by atomic mass is 32.2. The highest BCUT2D eigenvalue weighted by molar-refractivity contribution is 8.01. The molecule has 0 saturated heterocycles. The normalized spacial score (nSPS) is 10.4. The molecule has 2 amide bonds. The molecule has 0 spiro atoms. The predicted octanol–water partition coefficient (Wildman–Crippen LogP) is 3.52. The molecule has 29 heavy (non-hydrogen) atoms. The van der Waals surface area contributed by atoms with E-state index in [0.29, 0.717) is 16.6 Å². The molecule has 1 heterocycles. The van der Waals surface area contributed by atoms with Crippen molar-refractivity contribution in [3.05, 3.63) is 64.7 Å². The Morgan fingerprint density at radius 2 is 1.79 bits per heavy atom. The van der Waals surface area contributed by atoms with Gasteiger partial charge in [-0.15, -0.1) is 10.2 Å². The molecule has 1 aromatic heterocycles. The molecule has 2 N–H and O–H groups in total. The summed E-state index contributed by atoms with van der Waals surface area (Å²) < 4.78 is 5.68. The zero-order valence-corrected chi connectivity index (χ0v) is 17.6.